The number of benzene rings is 1. The molecule has 0 saturated carbocycles. The molecule has 2 atom stereocenters. The van der Waals surface area contributed by atoms with E-state index in [9.17, 15) is 9.69 Å². The number of hydrogen-bond donors (Lipinski definition) is 2. The van der Waals surface area contributed by atoms with Crippen LogP contribution in [0.2, 0.25) is 0 Å². The van der Waals surface area contributed by atoms with E-state index in [1.165, 1.54) is 5.56 Å². The van der Waals surface area contributed by atoms with Gasteiger partial charge in [-0.1, -0.05) is 50.6 Å². The molecule has 1 aromatic rings. The maximum absolute atomic E-state index is 12.0. The van der Waals surface area contributed by atoms with E-state index >= 15 is 0 Å². The van der Waals surface area contributed by atoms with Crippen LogP contribution in [-0.2, 0) is 11.2 Å². The number of carbonyl (C=O) groups is 1. The van der Waals surface area contributed by atoms with Gasteiger partial charge in [0.2, 0.25) is 5.91 Å². The molecule has 2 unspecified atom stereocenters. The van der Waals surface area contributed by atoms with E-state index in [0.717, 1.165) is 38.4 Å². The van der Waals surface area contributed by atoms with Crippen molar-refractivity contribution in [1.29, 1.82) is 0 Å². The van der Waals surface area contributed by atoms with Gasteiger partial charge in [0.25, 0.3) is 0 Å². The molecule has 0 aromatic heterocycles. The van der Waals surface area contributed by atoms with E-state index in [4.69, 9.17) is 0 Å². The third-order valence-electron chi connectivity index (χ3n) is 3.63. The average molecular weight is 309 g/mol. The molecule has 0 heterocycles. The third-order valence-corrected chi connectivity index (χ3v) is 5.23. The van der Waals surface area contributed by atoms with Crippen LogP contribution in [0.3, 0.4) is 0 Å². The molecule has 0 radical (unpaired) electrons. The van der Waals surface area contributed by atoms with E-state index in [1.54, 1.807) is 0 Å². The van der Waals surface area contributed by atoms with Crippen molar-refractivity contribution in [3.63, 3.8) is 0 Å². The quantitative estimate of drug-likeness (QED) is 0.513. The van der Waals surface area contributed by atoms with Gasteiger partial charge in [0.1, 0.15) is 0 Å². The van der Waals surface area contributed by atoms with Crippen molar-refractivity contribution < 1.29 is 9.69 Å². The van der Waals surface area contributed by atoms with Crippen LogP contribution in [0.15, 0.2) is 30.3 Å². The van der Waals surface area contributed by atoms with E-state index in [2.05, 4.69) is 24.4 Å². The highest BCUT2D eigenvalue weighted by Crippen LogP contribution is 2.34. The maximum Gasteiger partial charge on any atom is 0.223 e. The highest BCUT2D eigenvalue weighted by Gasteiger charge is 2.20. The lowest BCUT2D eigenvalue weighted by atomic mass is 10.1. The molecule has 21 heavy (non-hydrogen) atoms. The molecule has 0 aliphatic heterocycles. The van der Waals surface area contributed by atoms with Gasteiger partial charge in [-0.05, 0) is 31.0 Å². The Morgan fingerprint density at radius 3 is 2.62 bits per heavy atom. The van der Waals surface area contributed by atoms with E-state index < -0.39 is 8.15 Å². The van der Waals surface area contributed by atoms with Crippen LogP contribution in [0.5, 0.6) is 0 Å². The summed E-state index contributed by atoms with van der Waals surface area (Å²) in [5.74, 6) is 0.0564. The summed E-state index contributed by atoms with van der Waals surface area (Å²) in [6.45, 7) is 4.88. The van der Waals surface area contributed by atoms with Gasteiger partial charge in [-0.2, -0.15) is 0 Å². The Labute approximate surface area is 130 Å². The maximum atomic E-state index is 12.0. The smallest absolute Gasteiger partial charge is 0.223 e. The zero-order valence-corrected chi connectivity index (χ0v) is 14.1. The summed E-state index contributed by atoms with van der Waals surface area (Å²) in [5.41, 5.74) is 1.25. The van der Waals surface area contributed by atoms with Crippen molar-refractivity contribution in [2.75, 3.05) is 18.9 Å². The molecule has 0 aliphatic rings. The van der Waals surface area contributed by atoms with Crippen molar-refractivity contribution in [3.8, 4) is 0 Å². The van der Waals surface area contributed by atoms with Crippen molar-refractivity contribution in [3.05, 3.63) is 35.9 Å². The monoisotopic (exact) mass is 309 g/mol. The molecular weight excluding hydrogens is 281 g/mol. The molecule has 0 bridgehead atoms. The molecule has 0 aliphatic carbocycles. The van der Waals surface area contributed by atoms with Crippen molar-refractivity contribution in [2.45, 2.75) is 39.5 Å². The van der Waals surface area contributed by atoms with Crippen molar-refractivity contribution in [1.82, 2.24) is 5.32 Å². The molecule has 1 rings (SSSR count). The van der Waals surface area contributed by atoms with E-state index in [-0.39, 0.29) is 11.8 Å². The first-order chi connectivity index (χ1) is 10.2. The van der Waals surface area contributed by atoms with Crippen LogP contribution in [0.1, 0.15) is 38.7 Å². The second-order valence-corrected chi connectivity index (χ2v) is 7.22. The van der Waals surface area contributed by atoms with Crippen LogP contribution < -0.4 is 5.32 Å². The number of hydrogen-bond acceptors (Lipinski definition) is 2. The Morgan fingerprint density at radius 1 is 1.29 bits per heavy atom. The predicted molar refractivity (Wildman–Crippen MR) is 90.7 cm³/mol. The second-order valence-electron chi connectivity index (χ2n) is 5.40. The summed E-state index contributed by atoms with van der Waals surface area (Å²) >= 11 is 0. The Morgan fingerprint density at radius 2 is 2.00 bits per heavy atom. The van der Waals surface area contributed by atoms with Gasteiger partial charge in [-0.3, -0.25) is 4.79 Å². The van der Waals surface area contributed by atoms with Gasteiger partial charge >= 0.3 is 0 Å². The van der Waals surface area contributed by atoms with Gasteiger partial charge in [-0.15, -0.1) is 0 Å². The molecule has 0 spiro atoms. The van der Waals surface area contributed by atoms with Crippen molar-refractivity contribution >= 4 is 14.1 Å². The SMILES string of the molecule is CCCCNC(=O)C(CC)CP(O)CCc1ccccc1. The molecule has 2 N–H and O–H groups in total. The summed E-state index contributed by atoms with van der Waals surface area (Å²) in [6.07, 6.45) is 5.18. The minimum atomic E-state index is -1.06. The summed E-state index contributed by atoms with van der Waals surface area (Å²) in [4.78, 5) is 22.3. The second kappa shape index (κ2) is 10.8. The van der Waals surface area contributed by atoms with Gasteiger partial charge in [0.05, 0.1) is 0 Å². The summed E-state index contributed by atoms with van der Waals surface area (Å²) in [7, 11) is -1.06. The van der Waals surface area contributed by atoms with Crippen molar-refractivity contribution in [2.24, 2.45) is 5.92 Å². The normalized spacial score (nSPS) is 13.7. The molecule has 118 valence electrons. The fourth-order valence-electron chi connectivity index (χ4n) is 2.18. The third kappa shape index (κ3) is 7.59. The molecular formula is C17H28NO2P. The minimum Gasteiger partial charge on any atom is -0.374 e. The van der Waals surface area contributed by atoms with Crippen LogP contribution in [0, 0.1) is 5.92 Å². The molecule has 0 fully saturated rings. The Balaban J connectivity index is 2.32. The van der Waals surface area contributed by atoms with Gasteiger partial charge in [0.15, 0.2) is 0 Å². The predicted octanol–water partition coefficient (Wildman–Crippen LogP) is 3.56. The lowest BCUT2D eigenvalue weighted by Crippen LogP contribution is -2.32. The topological polar surface area (TPSA) is 49.3 Å². The van der Waals surface area contributed by atoms with Crippen LogP contribution in [0.25, 0.3) is 0 Å². The highest BCUT2D eigenvalue weighted by molar-refractivity contribution is 7.51. The number of rotatable bonds is 10. The first-order valence-corrected chi connectivity index (χ1v) is 9.59. The lowest BCUT2D eigenvalue weighted by molar-refractivity contribution is -0.124. The zero-order valence-electron chi connectivity index (χ0n) is 13.2. The fourth-order valence-corrected chi connectivity index (χ4v) is 3.81. The zero-order chi connectivity index (χ0) is 15.5. The van der Waals surface area contributed by atoms with Crippen LogP contribution in [0.4, 0.5) is 0 Å². The van der Waals surface area contributed by atoms with E-state index in [1.807, 2.05) is 25.1 Å². The summed E-state index contributed by atoms with van der Waals surface area (Å²) in [5, 5.41) is 2.97. The minimum absolute atomic E-state index is 0.0475. The Hall–Kier alpha value is -0.920. The average Bonchev–Trinajstić information content (AvgIpc) is 2.51. The number of aryl methyl sites for hydroxylation is 1. The molecule has 0 saturated heterocycles. The molecule has 1 aromatic carbocycles. The lowest BCUT2D eigenvalue weighted by Gasteiger charge is -2.18. The number of unbranched alkanes of at least 4 members (excludes halogenated alkanes) is 1. The number of nitrogens with one attached hydrogen (secondary N) is 1. The first-order valence-electron chi connectivity index (χ1n) is 7.92. The number of amides is 1. The standard InChI is InChI=1S/C17H28NO2P/c1-3-5-12-18-17(19)16(4-2)14-21(20)13-11-15-9-7-6-8-10-15/h6-10,16,20H,3-5,11-14H2,1-2H3,(H,18,19). The Bertz CT molecular complexity index is 397. The largest absolute Gasteiger partial charge is 0.374 e. The Kier molecular flexibility index (Phi) is 9.29. The van der Waals surface area contributed by atoms with Crippen LogP contribution >= 0.6 is 8.15 Å². The molecule has 4 heteroatoms. The van der Waals surface area contributed by atoms with Crippen LogP contribution in [-0.4, -0.2) is 29.7 Å². The molecule has 3 nitrogen and oxygen atoms in total. The first kappa shape index (κ1) is 18.1. The fraction of sp³-hybridized carbons (Fsp3) is 0.588. The van der Waals surface area contributed by atoms with Gasteiger partial charge < -0.3 is 10.2 Å². The highest BCUT2D eigenvalue weighted by atomic mass is 31.1. The summed E-state index contributed by atoms with van der Waals surface area (Å²) < 4.78 is 0. The van der Waals surface area contributed by atoms with Gasteiger partial charge in [-0.25, -0.2) is 0 Å². The van der Waals surface area contributed by atoms with Gasteiger partial charge in [0, 0.05) is 26.8 Å². The molecule has 1 amide bonds. The summed E-state index contributed by atoms with van der Waals surface area (Å²) in [6, 6.07) is 10.2. The van der Waals surface area contributed by atoms with E-state index in [0.29, 0.717) is 6.16 Å². The number of carbonyl (C=O) groups excluding carboxylic acids is 1.